The summed E-state index contributed by atoms with van der Waals surface area (Å²) in [6.07, 6.45) is 0. The molecule has 1 N–H and O–H groups in total. The number of nitrogens with zero attached hydrogens (tertiary/aromatic N) is 2. The van der Waals surface area contributed by atoms with Gasteiger partial charge in [0.1, 0.15) is 0 Å². The van der Waals surface area contributed by atoms with Crippen molar-refractivity contribution in [1.82, 2.24) is 10.2 Å². The Kier molecular flexibility index (Phi) is 4.76. The summed E-state index contributed by atoms with van der Waals surface area (Å²) in [5.74, 6) is 0.117. The molecular weight excluding hydrogens is 274 g/mol. The van der Waals surface area contributed by atoms with Gasteiger partial charge in [0.15, 0.2) is 9.84 Å². The molecule has 1 aliphatic rings. The van der Waals surface area contributed by atoms with E-state index in [0.29, 0.717) is 23.0 Å². The number of benzene rings is 1. The maximum absolute atomic E-state index is 12.2. The van der Waals surface area contributed by atoms with E-state index in [9.17, 15) is 8.42 Å². The van der Waals surface area contributed by atoms with E-state index in [0.717, 1.165) is 19.6 Å². The summed E-state index contributed by atoms with van der Waals surface area (Å²) in [6.45, 7) is 5.31. The summed E-state index contributed by atoms with van der Waals surface area (Å²) in [5, 5.41) is 12.0. The zero-order chi connectivity index (χ0) is 14.6. The monoisotopic (exact) mass is 293 g/mol. The summed E-state index contributed by atoms with van der Waals surface area (Å²) < 4.78 is 24.5. The minimum atomic E-state index is -3.27. The Morgan fingerprint density at radius 2 is 2.10 bits per heavy atom. The van der Waals surface area contributed by atoms with Crippen molar-refractivity contribution in [2.75, 3.05) is 31.9 Å². The van der Waals surface area contributed by atoms with Crippen LogP contribution in [0.25, 0.3) is 0 Å². The lowest BCUT2D eigenvalue weighted by atomic mass is 10.2. The van der Waals surface area contributed by atoms with Gasteiger partial charge in [0, 0.05) is 32.2 Å². The Bertz CT molecular complexity index is 590. The number of sulfone groups is 1. The van der Waals surface area contributed by atoms with Crippen molar-refractivity contribution in [3.05, 3.63) is 29.8 Å². The van der Waals surface area contributed by atoms with Crippen LogP contribution in [-0.2, 0) is 9.84 Å². The average molecular weight is 293 g/mol. The van der Waals surface area contributed by atoms with E-state index in [1.807, 2.05) is 6.07 Å². The molecule has 1 fully saturated rings. The Morgan fingerprint density at radius 3 is 2.70 bits per heavy atom. The molecule has 2 rings (SSSR count). The van der Waals surface area contributed by atoms with E-state index in [2.05, 4.69) is 17.1 Å². The van der Waals surface area contributed by atoms with Crippen molar-refractivity contribution in [2.24, 2.45) is 0 Å². The second-order valence-corrected chi connectivity index (χ2v) is 7.22. The maximum atomic E-state index is 12.2. The molecule has 0 amide bonds. The molecule has 1 saturated heterocycles. The van der Waals surface area contributed by atoms with Gasteiger partial charge in [-0.15, -0.1) is 0 Å². The first-order chi connectivity index (χ1) is 9.51. The van der Waals surface area contributed by atoms with Crippen LogP contribution < -0.4 is 5.32 Å². The van der Waals surface area contributed by atoms with E-state index in [-0.39, 0.29) is 5.75 Å². The Balaban J connectivity index is 1.98. The molecule has 0 saturated carbocycles. The summed E-state index contributed by atoms with van der Waals surface area (Å²) in [6, 6.07) is 8.49. The minimum Gasteiger partial charge on any atom is -0.312 e. The molecule has 1 aromatic rings. The molecule has 0 unspecified atom stereocenters. The fourth-order valence-electron chi connectivity index (χ4n) is 2.32. The van der Waals surface area contributed by atoms with E-state index in [1.54, 1.807) is 12.1 Å². The number of hydrogen-bond acceptors (Lipinski definition) is 5. The van der Waals surface area contributed by atoms with Crippen LogP contribution in [0.15, 0.2) is 29.2 Å². The Hall–Kier alpha value is -1.42. The smallest absolute Gasteiger partial charge is 0.179 e. The molecule has 0 bridgehead atoms. The summed E-state index contributed by atoms with van der Waals surface area (Å²) in [4.78, 5) is 2.46. The summed E-state index contributed by atoms with van der Waals surface area (Å²) in [7, 11) is -3.27. The molecule has 0 spiro atoms. The lowest BCUT2D eigenvalue weighted by Gasteiger charge is -2.31. The molecule has 1 aromatic carbocycles. The number of rotatable bonds is 4. The molecule has 6 heteroatoms. The van der Waals surface area contributed by atoms with Crippen LogP contribution in [0, 0.1) is 11.3 Å². The van der Waals surface area contributed by atoms with Gasteiger partial charge < -0.3 is 5.32 Å². The zero-order valence-corrected chi connectivity index (χ0v) is 12.4. The van der Waals surface area contributed by atoms with Gasteiger partial charge in [-0.1, -0.05) is 0 Å². The lowest BCUT2D eigenvalue weighted by molar-refractivity contribution is 0.217. The molecule has 20 heavy (non-hydrogen) atoms. The van der Waals surface area contributed by atoms with Gasteiger partial charge in [-0.3, -0.25) is 4.90 Å². The predicted molar refractivity (Wildman–Crippen MR) is 77.1 cm³/mol. The van der Waals surface area contributed by atoms with Gasteiger partial charge in [-0.25, -0.2) is 8.42 Å². The standard InChI is InChI=1S/C14H19N3O2S/c1-12-11-17(7-6-16-12)8-9-20(18,19)14-4-2-13(10-15)3-5-14/h2-5,12,16H,6-9,11H2,1H3/t12-/m1/s1. The van der Waals surface area contributed by atoms with Crippen LogP contribution >= 0.6 is 0 Å². The molecule has 108 valence electrons. The van der Waals surface area contributed by atoms with E-state index in [4.69, 9.17) is 5.26 Å². The number of piperazine rings is 1. The van der Waals surface area contributed by atoms with Crippen molar-refractivity contribution < 1.29 is 8.42 Å². The molecule has 1 atom stereocenters. The number of nitriles is 1. The molecular formula is C14H19N3O2S. The molecule has 0 aromatic heterocycles. The highest BCUT2D eigenvalue weighted by Crippen LogP contribution is 2.13. The second-order valence-electron chi connectivity index (χ2n) is 5.11. The van der Waals surface area contributed by atoms with Crippen molar-refractivity contribution in [2.45, 2.75) is 17.9 Å². The fraction of sp³-hybridized carbons (Fsp3) is 0.500. The quantitative estimate of drug-likeness (QED) is 0.881. The van der Waals surface area contributed by atoms with Crippen molar-refractivity contribution >= 4 is 9.84 Å². The minimum absolute atomic E-state index is 0.117. The molecule has 1 heterocycles. The van der Waals surface area contributed by atoms with Crippen LogP contribution in [-0.4, -0.2) is 51.3 Å². The summed E-state index contributed by atoms with van der Waals surface area (Å²) in [5.41, 5.74) is 0.472. The van der Waals surface area contributed by atoms with Gasteiger partial charge in [0.2, 0.25) is 0 Å². The third-order valence-corrected chi connectivity index (χ3v) is 5.18. The topological polar surface area (TPSA) is 73.2 Å². The lowest BCUT2D eigenvalue weighted by Crippen LogP contribution is -2.50. The van der Waals surface area contributed by atoms with Gasteiger partial charge in [0.05, 0.1) is 22.3 Å². The third kappa shape index (κ3) is 3.79. The van der Waals surface area contributed by atoms with E-state index < -0.39 is 9.84 Å². The Labute approximate surface area is 120 Å². The van der Waals surface area contributed by atoms with E-state index >= 15 is 0 Å². The van der Waals surface area contributed by atoms with Crippen LogP contribution in [0.5, 0.6) is 0 Å². The predicted octanol–water partition coefficient (Wildman–Crippen LogP) is 0.626. The summed E-state index contributed by atoms with van der Waals surface area (Å²) >= 11 is 0. The van der Waals surface area contributed by atoms with Crippen molar-refractivity contribution in [1.29, 1.82) is 5.26 Å². The third-order valence-electron chi connectivity index (χ3n) is 3.47. The molecule has 0 aliphatic carbocycles. The number of hydrogen-bond donors (Lipinski definition) is 1. The SMILES string of the molecule is C[C@@H]1CN(CCS(=O)(=O)c2ccc(C#N)cc2)CCN1. The van der Waals surface area contributed by atoms with E-state index in [1.165, 1.54) is 12.1 Å². The van der Waals surface area contributed by atoms with Crippen molar-refractivity contribution in [3.63, 3.8) is 0 Å². The van der Waals surface area contributed by atoms with Gasteiger partial charge in [-0.2, -0.15) is 5.26 Å². The van der Waals surface area contributed by atoms with Crippen LogP contribution in [0.2, 0.25) is 0 Å². The zero-order valence-electron chi connectivity index (χ0n) is 11.5. The fourth-order valence-corrected chi connectivity index (χ4v) is 3.60. The Morgan fingerprint density at radius 1 is 1.40 bits per heavy atom. The van der Waals surface area contributed by atoms with Crippen LogP contribution in [0.3, 0.4) is 0 Å². The first kappa shape index (κ1) is 15.0. The van der Waals surface area contributed by atoms with Gasteiger partial charge in [-0.05, 0) is 31.2 Å². The molecule has 1 aliphatic heterocycles. The second kappa shape index (κ2) is 6.35. The number of nitrogens with one attached hydrogen (secondary N) is 1. The first-order valence-corrected chi connectivity index (χ1v) is 8.35. The maximum Gasteiger partial charge on any atom is 0.179 e. The normalized spacial score (nSPS) is 20.5. The highest BCUT2D eigenvalue weighted by Gasteiger charge is 2.19. The largest absolute Gasteiger partial charge is 0.312 e. The van der Waals surface area contributed by atoms with Gasteiger partial charge >= 0.3 is 0 Å². The highest BCUT2D eigenvalue weighted by molar-refractivity contribution is 7.91. The molecule has 0 radical (unpaired) electrons. The highest BCUT2D eigenvalue weighted by atomic mass is 32.2. The van der Waals surface area contributed by atoms with Crippen molar-refractivity contribution in [3.8, 4) is 6.07 Å². The first-order valence-electron chi connectivity index (χ1n) is 6.70. The van der Waals surface area contributed by atoms with Crippen LogP contribution in [0.4, 0.5) is 0 Å². The van der Waals surface area contributed by atoms with Gasteiger partial charge in [0.25, 0.3) is 0 Å². The van der Waals surface area contributed by atoms with Crippen LogP contribution in [0.1, 0.15) is 12.5 Å². The molecule has 5 nitrogen and oxygen atoms in total. The average Bonchev–Trinajstić information content (AvgIpc) is 2.45.